The highest BCUT2D eigenvalue weighted by Crippen LogP contribution is 2.33. The van der Waals surface area contributed by atoms with Crippen LogP contribution in [0.1, 0.15) is 11.1 Å². The van der Waals surface area contributed by atoms with Gasteiger partial charge in [0.15, 0.2) is 11.5 Å². The third-order valence-corrected chi connectivity index (χ3v) is 3.64. The van der Waals surface area contributed by atoms with Gasteiger partial charge < -0.3 is 9.47 Å². The van der Waals surface area contributed by atoms with Gasteiger partial charge in [0.05, 0.1) is 7.11 Å². The maximum Gasteiger partial charge on any atom is 0.165 e. The molecule has 5 heteroatoms. The second-order valence-corrected chi connectivity index (χ2v) is 5.10. The molecule has 2 aromatic carbocycles. The van der Waals surface area contributed by atoms with Crippen LogP contribution >= 0.6 is 27.5 Å². The average molecular weight is 360 g/mol. The highest BCUT2D eigenvalue weighted by molar-refractivity contribution is 9.08. The first-order valence-corrected chi connectivity index (χ1v) is 7.44. The van der Waals surface area contributed by atoms with E-state index in [-0.39, 0.29) is 12.4 Å². The quantitative estimate of drug-likeness (QED) is 0.702. The number of benzene rings is 2. The van der Waals surface area contributed by atoms with Crippen molar-refractivity contribution in [3.8, 4) is 11.5 Å². The first kappa shape index (κ1) is 15.1. The molecule has 0 unspecified atom stereocenters. The molecule has 0 fully saturated rings. The molecule has 0 aliphatic rings. The zero-order chi connectivity index (χ0) is 14.5. The molecular weight excluding hydrogens is 347 g/mol. The summed E-state index contributed by atoms with van der Waals surface area (Å²) in [6.07, 6.45) is 0. The van der Waals surface area contributed by atoms with Crippen molar-refractivity contribution < 1.29 is 13.9 Å². The monoisotopic (exact) mass is 358 g/mol. The first-order valence-electron chi connectivity index (χ1n) is 5.94. The molecule has 0 aromatic heterocycles. The van der Waals surface area contributed by atoms with E-state index in [1.165, 1.54) is 12.1 Å². The van der Waals surface area contributed by atoms with E-state index in [9.17, 15) is 4.39 Å². The lowest BCUT2D eigenvalue weighted by Gasteiger charge is -2.14. The minimum Gasteiger partial charge on any atom is -0.493 e. The molecule has 0 aliphatic heterocycles. The highest BCUT2D eigenvalue weighted by Gasteiger charge is 2.11. The molecule has 2 aromatic rings. The predicted molar refractivity (Wildman–Crippen MR) is 81.4 cm³/mol. The fourth-order valence-corrected chi connectivity index (χ4v) is 2.43. The predicted octanol–water partition coefficient (Wildman–Crippen LogP) is 4.96. The van der Waals surface area contributed by atoms with Crippen LogP contribution in [0.4, 0.5) is 4.39 Å². The Morgan fingerprint density at radius 3 is 2.70 bits per heavy atom. The van der Waals surface area contributed by atoms with E-state index >= 15 is 0 Å². The van der Waals surface area contributed by atoms with Crippen molar-refractivity contribution in [1.29, 1.82) is 0 Å². The van der Waals surface area contributed by atoms with Crippen LogP contribution in [0.2, 0.25) is 5.02 Å². The number of alkyl halides is 1. The Kier molecular flexibility index (Phi) is 5.26. The van der Waals surface area contributed by atoms with Gasteiger partial charge >= 0.3 is 0 Å². The van der Waals surface area contributed by atoms with Crippen LogP contribution < -0.4 is 9.47 Å². The third kappa shape index (κ3) is 3.44. The zero-order valence-electron chi connectivity index (χ0n) is 10.8. The van der Waals surface area contributed by atoms with Crippen LogP contribution in [0.25, 0.3) is 0 Å². The van der Waals surface area contributed by atoms with E-state index < -0.39 is 0 Å². The van der Waals surface area contributed by atoms with Crippen LogP contribution in [-0.2, 0) is 11.9 Å². The maximum atomic E-state index is 13.7. The second-order valence-electron chi connectivity index (χ2n) is 4.11. The molecule has 2 nitrogen and oxygen atoms in total. The number of methoxy groups -OCH3 is 1. The maximum absolute atomic E-state index is 13.7. The summed E-state index contributed by atoms with van der Waals surface area (Å²) in [5, 5.41) is 1.10. The number of halogens is 3. The highest BCUT2D eigenvalue weighted by atomic mass is 79.9. The average Bonchev–Trinajstić information content (AvgIpc) is 2.47. The fourth-order valence-electron chi connectivity index (χ4n) is 1.79. The molecule has 0 heterocycles. The van der Waals surface area contributed by atoms with Crippen LogP contribution in [0, 0.1) is 5.82 Å². The van der Waals surface area contributed by atoms with Crippen molar-refractivity contribution in [2.75, 3.05) is 7.11 Å². The van der Waals surface area contributed by atoms with Crippen molar-refractivity contribution in [2.24, 2.45) is 0 Å². The van der Waals surface area contributed by atoms with E-state index in [2.05, 4.69) is 15.9 Å². The minimum atomic E-state index is -0.343. The molecule has 0 saturated carbocycles. The van der Waals surface area contributed by atoms with E-state index in [0.717, 1.165) is 5.56 Å². The largest absolute Gasteiger partial charge is 0.493 e. The molecule has 0 radical (unpaired) electrons. The van der Waals surface area contributed by atoms with Crippen LogP contribution in [0.15, 0.2) is 36.4 Å². The molecule has 0 N–H and O–H groups in total. The minimum absolute atomic E-state index is 0.0900. The standard InChI is InChI=1S/C15H13BrClFO2/c1-19-14-4-2-3-10(8-16)15(14)20-9-11-7-12(17)5-6-13(11)18/h2-7H,8-9H2,1H3. The lowest BCUT2D eigenvalue weighted by atomic mass is 10.2. The number of ether oxygens (including phenoxy) is 2. The summed E-state index contributed by atoms with van der Waals surface area (Å²) >= 11 is 9.25. The molecule has 2 rings (SSSR count). The van der Waals surface area contributed by atoms with E-state index in [0.29, 0.717) is 27.4 Å². The number of para-hydroxylation sites is 1. The summed E-state index contributed by atoms with van der Waals surface area (Å²) in [7, 11) is 1.57. The fraction of sp³-hybridized carbons (Fsp3) is 0.200. The van der Waals surface area contributed by atoms with Gasteiger partial charge in [-0.2, -0.15) is 0 Å². The number of hydrogen-bond donors (Lipinski definition) is 0. The Bertz CT molecular complexity index is 582. The van der Waals surface area contributed by atoms with Crippen LogP contribution in [-0.4, -0.2) is 7.11 Å². The zero-order valence-corrected chi connectivity index (χ0v) is 13.2. The third-order valence-electron chi connectivity index (χ3n) is 2.80. The van der Waals surface area contributed by atoms with Gasteiger partial charge in [-0.3, -0.25) is 0 Å². The molecule has 0 amide bonds. The van der Waals surface area contributed by atoms with Gasteiger partial charge in [0.25, 0.3) is 0 Å². The molecule has 0 atom stereocenters. The van der Waals surface area contributed by atoms with E-state index in [1.54, 1.807) is 19.2 Å². The van der Waals surface area contributed by atoms with Crippen molar-refractivity contribution in [3.63, 3.8) is 0 Å². The Balaban J connectivity index is 2.24. The molecule has 106 valence electrons. The van der Waals surface area contributed by atoms with Gasteiger partial charge in [-0.15, -0.1) is 0 Å². The van der Waals surface area contributed by atoms with Gasteiger partial charge in [-0.05, 0) is 24.3 Å². The van der Waals surface area contributed by atoms with E-state index in [1.807, 2.05) is 12.1 Å². The Morgan fingerprint density at radius 1 is 1.20 bits per heavy atom. The Morgan fingerprint density at radius 2 is 2.00 bits per heavy atom. The van der Waals surface area contributed by atoms with Crippen LogP contribution in [0.3, 0.4) is 0 Å². The number of rotatable bonds is 5. The van der Waals surface area contributed by atoms with E-state index in [4.69, 9.17) is 21.1 Å². The summed E-state index contributed by atoms with van der Waals surface area (Å²) in [4.78, 5) is 0. The molecule has 0 saturated heterocycles. The van der Waals surface area contributed by atoms with Gasteiger partial charge in [-0.25, -0.2) is 4.39 Å². The lowest BCUT2D eigenvalue weighted by Crippen LogP contribution is -2.02. The molecule has 20 heavy (non-hydrogen) atoms. The second kappa shape index (κ2) is 6.95. The van der Waals surface area contributed by atoms with Gasteiger partial charge in [0, 0.05) is 21.5 Å². The van der Waals surface area contributed by atoms with Crippen molar-refractivity contribution >= 4 is 27.5 Å². The SMILES string of the molecule is COc1cccc(CBr)c1OCc1cc(Cl)ccc1F. The van der Waals surface area contributed by atoms with Gasteiger partial charge in [0.1, 0.15) is 12.4 Å². The summed E-state index contributed by atoms with van der Waals surface area (Å²) < 4.78 is 24.6. The van der Waals surface area contributed by atoms with Crippen molar-refractivity contribution in [3.05, 3.63) is 58.4 Å². The molecule has 0 spiro atoms. The smallest absolute Gasteiger partial charge is 0.165 e. The van der Waals surface area contributed by atoms with Crippen molar-refractivity contribution in [1.82, 2.24) is 0 Å². The summed E-state index contributed by atoms with van der Waals surface area (Å²) in [6, 6.07) is 9.99. The molecule has 0 aliphatic carbocycles. The summed E-state index contributed by atoms with van der Waals surface area (Å²) in [5.41, 5.74) is 1.34. The Hall–Kier alpha value is -1.26. The lowest BCUT2D eigenvalue weighted by molar-refractivity contribution is 0.277. The topological polar surface area (TPSA) is 18.5 Å². The van der Waals surface area contributed by atoms with Crippen LogP contribution in [0.5, 0.6) is 11.5 Å². The van der Waals surface area contributed by atoms with Crippen molar-refractivity contribution in [2.45, 2.75) is 11.9 Å². The normalized spacial score (nSPS) is 10.4. The summed E-state index contributed by atoms with van der Waals surface area (Å²) in [5.74, 6) is 0.875. The van der Waals surface area contributed by atoms with Gasteiger partial charge in [-0.1, -0.05) is 39.7 Å². The first-order chi connectivity index (χ1) is 9.65. The Labute approximate surface area is 130 Å². The molecular formula is C15H13BrClFO2. The molecule has 0 bridgehead atoms. The number of hydrogen-bond acceptors (Lipinski definition) is 2. The summed E-state index contributed by atoms with van der Waals surface area (Å²) in [6.45, 7) is 0.0900. The van der Waals surface area contributed by atoms with Gasteiger partial charge in [0.2, 0.25) is 0 Å².